The number of hydrogen-bond donors (Lipinski definition) is 2. The Kier molecular flexibility index (Phi) is 5.24. The first-order chi connectivity index (χ1) is 12.5. The monoisotopic (exact) mass is 388 g/mol. The van der Waals surface area contributed by atoms with Crippen molar-refractivity contribution >= 4 is 46.2 Å². The van der Waals surface area contributed by atoms with E-state index in [2.05, 4.69) is 4.98 Å². The van der Waals surface area contributed by atoms with Gasteiger partial charge in [0.1, 0.15) is 0 Å². The first-order valence-corrected chi connectivity index (χ1v) is 8.82. The molecular weight excluding hydrogens is 376 g/mol. The van der Waals surface area contributed by atoms with Crippen LogP contribution in [0.3, 0.4) is 0 Å². The Bertz CT molecular complexity index is 1070. The van der Waals surface area contributed by atoms with Crippen molar-refractivity contribution in [2.45, 2.75) is 5.16 Å². The van der Waals surface area contributed by atoms with Gasteiger partial charge in [-0.15, -0.1) is 0 Å². The maximum atomic E-state index is 13.0. The molecule has 0 spiro atoms. The van der Waals surface area contributed by atoms with E-state index in [-0.39, 0.29) is 16.5 Å². The molecule has 0 radical (unpaired) electrons. The molecule has 0 aliphatic rings. The van der Waals surface area contributed by atoms with Crippen LogP contribution in [-0.4, -0.2) is 27.2 Å². The Morgan fingerprint density at radius 1 is 1.15 bits per heavy atom. The number of amides is 3. The predicted octanol–water partition coefficient (Wildman–Crippen LogP) is 2.33. The second-order valence-corrected chi connectivity index (χ2v) is 6.55. The normalized spacial score (nSPS) is 10.7. The zero-order valence-corrected chi connectivity index (χ0v) is 14.9. The number of nitrogens with one attached hydrogen (secondary N) is 1. The van der Waals surface area contributed by atoms with Crippen LogP contribution in [0.4, 0.5) is 4.79 Å². The van der Waals surface area contributed by atoms with Gasteiger partial charge in [0, 0.05) is 0 Å². The molecule has 7 nitrogen and oxygen atoms in total. The number of carbonyl (C=O) groups excluding carboxylic acids is 2. The number of thioether (sulfide) groups is 1. The Labute approximate surface area is 157 Å². The van der Waals surface area contributed by atoms with Crippen LogP contribution in [0.2, 0.25) is 5.02 Å². The minimum absolute atomic E-state index is 0.141. The van der Waals surface area contributed by atoms with E-state index in [4.69, 9.17) is 17.3 Å². The Morgan fingerprint density at radius 2 is 1.85 bits per heavy atom. The number of imide groups is 1. The van der Waals surface area contributed by atoms with Gasteiger partial charge in [-0.2, -0.15) is 0 Å². The minimum Gasteiger partial charge on any atom is -0.351 e. The van der Waals surface area contributed by atoms with Crippen LogP contribution < -0.4 is 16.6 Å². The van der Waals surface area contributed by atoms with Crippen molar-refractivity contribution in [1.29, 1.82) is 0 Å². The van der Waals surface area contributed by atoms with Crippen molar-refractivity contribution in [3.63, 3.8) is 0 Å². The molecule has 0 saturated heterocycles. The summed E-state index contributed by atoms with van der Waals surface area (Å²) in [5.74, 6) is -0.728. The van der Waals surface area contributed by atoms with E-state index in [0.717, 1.165) is 11.8 Å². The zero-order valence-electron chi connectivity index (χ0n) is 13.3. The Balaban J connectivity index is 2.12. The van der Waals surface area contributed by atoms with Gasteiger partial charge in [0.15, 0.2) is 5.16 Å². The van der Waals surface area contributed by atoms with Crippen molar-refractivity contribution in [2.24, 2.45) is 5.73 Å². The summed E-state index contributed by atoms with van der Waals surface area (Å²) in [6, 6.07) is 12.8. The van der Waals surface area contributed by atoms with Gasteiger partial charge in [-0.05, 0) is 24.3 Å². The fourth-order valence-electron chi connectivity index (χ4n) is 2.36. The molecule has 0 saturated carbocycles. The highest BCUT2D eigenvalue weighted by Gasteiger charge is 2.16. The fraction of sp³-hybridized carbons (Fsp3) is 0.0588. The zero-order chi connectivity index (χ0) is 18.7. The molecule has 0 unspecified atom stereocenters. The molecule has 2 aromatic carbocycles. The molecule has 0 aliphatic heterocycles. The van der Waals surface area contributed by atoms with Crippen molar-refractivity contribution in [1.82, 2.24) is 14.9 Å². The maximum Gasteiger partial charge on any atom is 0.318 e. The number of fused-ring (bicyclic) bond motifs is 1. The number of nitrogens with zero attached hydrogens (tertiary/aromatic N) is 2. The number of halogens is 1. The average molecular weight is 389 g/mol. The third kappa shape index (κ3) is 3.71. The van der Waals surface area contributed by atoms with Gasteiger partial charge in [0.25, 0.3) is 5.56 Å². The smallest absolute Gasteiger partial charge is 0.318 e. The van der Waals surface area contributed by atoms with E-state index in [0.29, 0.717) is 21.6 Å². The number of rotatable bonds is 4. The molecule has 3 rings (SSSR count). The summed E-state index contributed by atoms with van der Waals surface area (Å²) in [7, 11) is 0. The largest absolute Gasteiger partial charge is 0.351 e. The Hall–Kier alpha value is -2.84. The summed E-state index contributed by atoms with van der Waals surface area (Å²) in [5.41, 5.74) is 5.58. The van der Waals surface area contributed by atoms with Crippen LogP contribution in [0, 0.1) is 0 Å². The molecule has 0 atom stereocenters. The summed E-state index contributed by atoms with van der Waals surface area (Å²) >= 11 is 7.25. The summed E-state index contributed by atoms with van der Waals surface area (Å²) in [5, 5.41) is 3.05. The standard InChI is InChI=1S/C17H13ClN4O3S/c18-11-6-2-4-8-13(11)22-15(24)10-5-1-3-7-12(10)20-17(22)26-9-14(23)21-16(19)25/h1-8H,9H2,(H3,19,21,23,25). The molecule has 26 heavy (non-hydrogen) atoms. The molecule has 3 aromatic rings. The van der Waals surface area contributed by atoms with Gasteiger partial charge < -0.3 is 5.73 Å². The van der Waals surface area contributed by atoms with Crippen molar-refractivity contribution < 1.29 is 9.59 Å². The highest BCUT2D eigenvalue weighted by molar-refractivity contribution is 7.99. The second kappa shape index (κ2) is 7.59. The highest BCUT2D eigenvalue weighted by Crippen LogP contribution is 2.25. The minimum atomic E-state index is -0.939. The molecule has 3 N–H and O–H groups in total. The number of aromatic nitrogens is 2. The van der Waals surface area contributed by atoms with E-state index in [9.17, 15) is 14.4 Å². The maximum absolute atomic E-state index is 13.0. The first-order valence-electron chi connectivity index (χ1n) is 7.46. The molecule has 9 heteroatoms. The fourth-order valence-corrected chi connectivity index (χ4v) is 3.38. The quantitative estimate of drug-likeness (QED) is 0.527. The summed E-state index contributed by atoms with van der Waals surface area (Å²) < 4.78 is 1.35. The van der Waals surface area contributed by atoms with E-state index in [1.807, 2.05) is 5.32 Å². The number of para-hydroxylation sites is 2. The van der Waals surface area contributed by atoms with Crippen LogP contribution >= 0.6 is 23.4 Å². The van der Waals surface area contributed by atoms with Gasteiger partial charge >= 0.3 is 6.03 Å². The molecule has 1 aromatic heterocycles. The summed E-state index contributed by atoms with van der Waals surface area (Å²) in [4.78, 5) is 40.0. The topological polar surface area (TPSA) is 107 Å². The molecule has 3 amide bonds. The lowest BCUT2D eigenvalue weighted by molar-refractivity contribution is -0.117. The lowest BCUT2D eigenvalue weighted by Gasteiger charge is -2.14. The Morgan fingerprint density at radius 3 is 2.58 bits per heavy atom. The van der Waals surface area contributed by atoms with Crippen LogP contribution in [-0.2, 0) is 4.79 Å². The molecule has 0 aliphatic carbocycles. The van der Waals surface area contributed by atoms with Gasteiger partial charge in [-0.1, -0.05) is 47.6 Å². The average Bonchev–Trinajstić information content (AvgIpc) is 2.60. The lowest BCUT2D eigenvalue weighted by atomic mass is 10.2. The molecule has 0 fully saturated rings. The number of hydrogen-bond acceptors (Lipinski definition) is 5. The third-order valence-corrected chi connectivity index (χ3v) is 4.69. The third-order valence-electron chi connectivity index (χ3n) is 3.43. The van der Waals surface area contributed by atoms with E-state index < -0.39 is 11.9 Å². The van der Waals surface area contributed by atoms with Crippen molar-refractivity contribution in [2.75, 3.05) is 5.75 Å². The van der Waals surface area contributed by atoms with E-state index in [1.165, 1.54) is 4.57 Å². The van der Waals surface area contributed by atoms with Gasteiger partial charge in [-0.3, -0.25) is 19.5 Å². The predicted molar refractivity (Wildman–Crippen MR) is 101 cm³/mol. The molecule has 1 heterocycles. The van der Waals surface area contributed by atoms with Crippen LogP contribution in [0.5, 0.6) is 0 Å². The van der Waals surface area contributed by atoms with Gasteiger partial charge in [0.2, 0.25) is 5.91 Å². The summed E-state index contributed by atoms with van der Waals surface area (Å²) in [6.07, 6.45) is 0. The van der Waals surface area contributed by atoms with Crippen LogP contribution in [0.1, 0.15) is 0 Å². The number of primary amides is 1. The van der Waals surface area contributed by atoms with Gasteiger partial charge in [0.05, 0.1) is 27.4 Å². The molecule has 0 bridgehead atoms. The van der Waals surface area contributed by atoms with Crippen LogP contribution in [0.15, 0.2) is 58.5 Å². The van der Waals surface area contributed by atoms with Gasteiger partial charge in [-0.25, -0.2) is 9.78 Å². The number of urea groups is 1. The molecule has 132 valence electrons. The second-order valence-electron chi connectivity index (χ2n) is 5.20. The number of nitrogens with two attached hydrogens (primary N) is 1. The van der Waals surface area contributed by atoms with E-state index in [1.54, 1.807) is 48.5 Å². The SMILES string of the molecule is NC(=O)NC(=O)CSc1nc2ccccc2c(=O)n1-c1ccccc1Cl. The lowest BCUT2D eigenvalue weighted by Crippen LogP contribution is -2.36. The first kappa shape index (κ1) is 18.0. The van der Waals surface area contributed by atoms with E-state index >= 15 is 0 Å². The highest BCUT2D eigenvalue weighted by atomic mass is 35.5. The summed E-state index contributed by atoms with van der Waals surface area (Å²) in [6.45, 7) is 0. The van der Waals surface area contributed by atoms with Crippen molar-refractivity contribution in [3.8, 4) is 5.69 Å². The van der Waals surface area contributed by atoms with Crippen molar-refractivity contribution in [3.05, 3.63) is 63.9 Å². The van der Waals surface area contributed by atoms with Crippen LogP contribution in [0.25, 0.3) is 16.6 Å². The molecular formula is C17H13ClN4O3S. The number of benzene rings is 2. The number of carbonyl (C=O) groups is 2.